The predicted octanol–water partition coefficient (Wildman–Crippen LogP) is 2.76. The Balaban J connectivity index is 2.21. The van der Waals surface area contributed by atoms with Crippen molar-refractivity contribution < 1.29 is 4.74 Å². The highest BCUT2D eigenvalue weighted by Gasteiger charge is 2.12. The van der Waals surface area contributed by atoms with Gasteiger partial charge in [0.05, 0.1) is 7.11 Å². The minimum Gasteiger partial charge on any atom is -0.494 e. The van der Waals surface area contributed by atoms with Crippen LogP contribution < -0.4 is 16.2 Å². The van der Waals surface area contributed by atoms with Crippen LogP contribution in [0.3, 0.4) is 0 Å². The number of aromatic nitrogens is 1. The fourth-order valence-corrected chi connectivity index (χ4v) is 2.50. The highest BCUT2D eigenvalue weighted by Crippen LogP contribution is 2.29. The number of benzene rings is 1. The Kier molecular flexibility index (Phi) is 5.32. The van der Waals surface area contributed by atoms with Crippen LogP contribution in [0.2, 0.25) is 0 Å². The molecule has 4 heteroatoms. The summed E-state index contributed by atoms with van der Waals surface area (Å²) in [5.74, 6) is 0.791. The summed E-state index contributed by atoms with van der Waals surface area (Å²) in [4.78, 5) is 4.41. The Hall–Kier alpha value is -1.65. The molecule has 0 saturated heterocycles. The minimum absolute atomic E-state index is 0.0328. The molecule has 1 unspecified atom stereocenters. The zero-order valence-electron chi connectivity index (χ0n) is 12.0. The Morgan fingerprint density at radius 1 is 1.20 bits per heavy atom. The van der Waals surface area contributed by atoms with Gasteiger partial charge in [-0.25, -0.2) is 0 Å². The first kappa shape index (κ1) is 14.8. The van der Waals surface area contributed by atoms with Crippen LogP contribution in [-0.2, 0) is 0 Å². The molecule has 0 fully saturated rings. The molecule has 1 atom stereocenters. The van der Waals surface area contributed by atoms with Crippen molar-refractivity contribution in [3.8, 4) is 5.75 Å². The van der Waals surface area contributed by atoms with Crippen LogP contribution >= 0.6 is 0 Å². The van der Waals surface area contributed by atoms with Crippen molar-refractivity contribution in [1.29, 1.82) is 0 Å². The average Bonchev–Trinajstić information content (AvgIpc) is 2.50. The van der Waals surface area contributed by atoms with Crippen LogP contribution in [0.1, 0.15) is 37.3 Å². The summed E-state index contributed by atoms with van der Waals surface area (Å²) in [5.41, 5.74) is 13.9. The van der Waals surface area contributed by atoms with Crippen molar-refractivity contribution in [2.24, 2.45) is 11.5 Å². The molecule has 2 rings (SSSR count). The molecular weight excluding hydrogens is 250 g/mol. The van der Waals surface area contributed by atoms with Gasteiger partial charge < -0.3 is 16.2 Å². The fraction of sp³-hybridized carbons (Fsp3) is 0.438. The molecule has 2 aromatic rings. The van der Waals surface area contributed by atoms with E-state index in [9.17, 15) is 0 Å². The predicted molar refractivity (Wildman–Crippen MR) is 82.7 cm³/mol. The first-order valence-electron chi connectivity index (χ1n) is 7.15. The smallest absolute Gasteiger partial charge is 0.145 e. The second-order valence-electron chi connectivity index (χ2n) is 5.00. The lowest BCUT2D eigenvalue weighted by Crippen LogP contribution is -2.11. The number of hydrogen-bond donors (Lipinski definition) is 2. The largest absolute Gasteiger partial charge is 0.494 e. The molecule has 20 heavy (non-hydrogen) atoms. The lowest BCUT2D eigenvalue weighted by atomic mass is 9.98. The summed E-state index contributed by atoms with van der Waals surface area (Å²) < 4.78 is 5.36. The number of methoxy groups -OCH3 is 1. The summed E-state index contributed by atoms with van der Waals surface area (Å²) in [5, 5.41) is 1.08. The standard InChI is InChI=1S/C16H23N3O/c1-20-15-8-5-6-13-12(9-11-19-16(13)15)14(18)7-3-2-4-10-17/h5-6,8-9,11,14H,2-4,7,10,17-18H2,1H3. The molecule has 1 aromatic heterocycles. The Morgan fingerprint density at radius 2 is 2.05 bits per heavy atom. The van der Waals surface area contributed by atoms with Gasteiger partial charge in [-0.05, 0) is 37.1 Å². The van der Waals surface area contributed by atoms with Gasteiger partial charge in [-0.1, -0.05) is 25.0 Å². The van der Waals surface area contributed by atoms with Crippen molar-refractivity contribution in [1.82, 2.24) is 4.98 Å². The summed E-state index contributed by atoms with van der Waals surface area (Å²) in [6, 6.07) is 8.00. The normalized spacial score (nSPS) is 12.6. The van der Waals surface area contributed by atoms with E-state index in [1.54, 1.807) is 13.3 Å². The number of hydrogen-bond acceptors (Lipinski definition) is 4. The maximum Gasteiger partial charge on any atom is 0.145 e. The molecule has 0 bridgehead atoms. The first-order valence-corrected chi connectivity index (χ1v) is 7.15. The maximum atomic E-state index is 6.34. The van der Waals surface area contributed by atoms with E-state index in [4.69, 9.17) is 16.2 Å². The summed E-state index contributed by atoms with van der Waals surface area (Å²) in [7, 11) is 1.66. The number of pyridine rings is 1. The zero-order chi connectivity index (χ0) is 14.4. The molecule has 1 heterocycles. The average molecular weight is 273 g/mol. The summed E-state index contributed by atoms with van der Waals surface area (Å²) in [6.45, 7) is 0.755. The Labute approximate surface area is 120 Å². The van der Waals surface area contributed by atoms with E-state index in [-0.39, 0.29) is 6.04 Å². The second kappa shape index (κ2) is 7.22. The van der Waals surface area contributed by atoms with Crippen LogP contribution in [0.25, 0.3) is 10.9 Å². The summed E-state index contributed by atoms with van der Waals surface area (Å²) in [6.07, 6.45) is 6.08. The van der Waals surface area contributed by atoms with Crippen LogP contribution in [0.15, 0.2) is 30.5 Å². The second-order valence-corrected chi connectivity index (χ2v) is 5.00. The number of rotatable bonds is 7. The van der Waals surface area contributed by atoms with Crippen molar-refractivity contribution in [2.45, 2.75) is 31.7 Å². The molecule has 108 valence electrons. The Morgan fingerprint density at radius 3 is 2.80 bits per heavy atom. The molecule has 4 nitrogen and oxygen atoms in total. The number of fused-ring (bicyclic) bond motifs is 1. The van der Waals surface area contributed by atoms with Crippen LogP contribution in [0.5, 0.6) is 5.75 Å². The molecule has 0 aliphatic carbocycles. The summed E-state index contributed by atoms with van der Waals surface area (Å²) >= 11 is 0. The van der Waals surface area contributed by atoms with Gasteiger partial charge in [0.15, 0.2) is 0 Å². The van der Waals surface area contributed by atoms with E-state index >= 15 is 0 Å². The Bertz CT molecular complexity index is 556. The number of para-hydroxylation sites is 1. The third-order valence-corrected chi connectivity index (χ3v) is 3.61. The van der Waals surface area contributed by atoms with Gasteiger partial charge in [0.2, 0.25) is 0 Å². The monoisotopic (exact) mass is 273 g/mol. The SMILES string of the molecule is COc1cccc2c(C(N)CCCCCN)ccnc12. The van der Waals surface area contributed by atoms with E-state index in [2.05, 4.69) is 11.1 Å². The number of ether oxygens (including phenoxy) is 1. The molecule has 4 N–H and O–H groups in total. The van der Waals surface area contributed by atoms with Crippen LogP contribution in [-0.4, -0.2) is 18.6 Å². The molecule has 0 saturated carbocycles. The zero-order valence-corrected chi connectivity index (χ0v) is 12.0. The van der Waals surface area contributed by atoms with Crippen molar-refractivity contribution >= 4 is 10.9 Å². The maximum absolute atomic E-state index is 6.34. The highest BCUT2D eigenvalue weighted by atomic mass is 16.5. The van der Waals surface area contributed by atoms with Gasteiger partial charge in [0, 0.05) is 17.6 Å². The molecule has 0 aliphatic heterocycles. The van der Waals surface area contributed by atoms with Gasteiger partial charge in [0.25, 0.3) is 0 Å². The topological polar surface area (TPSA) is 74.2 Å². The quantitative estimate of drug-likeness (QED) is 0.761. The molecular formula is C16H23N3O. The number of unbranched alkanes of at least 4 members (excludes halogenated alkanes) is 2. The van der Waals surface area contributed by atoms with E-state index < -0.39 is 0 Å². The molecule has 0 spiro atoms. The third-order valence-electron chi connectivity index (χ3n) is 3.61. The van der Waals surface area contributed by atoms with Crippen LogP contribution in [0.4, 0.5) is 0 Å². The van der Waals surface area contributed by atoms with Crippen molar-refractivity contribution in [3.05, 3.63) is 36.0 Å². The van der Waals surface area contributed by atoms with E-state index in [0.717, 1.165) is 54.4 Å². The molecule has 0 radical (unpaired) electrons. The molecule has 0 aliphatic rings. The van der Waals surface area contributed by atoms with E-state index in [0.29, 0.717) is 0 Å². The molecule has 0 amide bonds. The number of nitrogens with two attached hydrogens (primary N) is 2. The van der Waals surface area contributed by atoms with E-state index in [1.807, 2.05) is 18.2 Å². The van der Waals surface area contributed by atoms with Gasteiger partial charge in [-0.15, -0.1) is 0 Å². The van der Waals surface area contributed by atoms with Gasteiger partial charge in [-0.2, -0.15) is 0 Å². The lowest BCUT2D eigenvalue weighted by Gasteiger charge is -2.15. The first-order chi connectivity index (χ1) is 9.77. The highest BCUT2D eigenvalue weighted by molar-refractivity contribution is 5.87. The van der Waals surface area contributed by atoms with Gasteiger partial charge >= 0.3 is 0 Å². The van der Waals surface area contributed by atoms with Crippen molar-refractivity contribution in [3.63, 3.8) is 0 Å². The number of nitrogens with zero attached hydrogens (tertiary/aromatic N) is 1. The lowest BCUT2D eigenvalue weighted by molar-refractivity contribution is 0.419. The molecule has 1 aromatic carbocycles. The minimum atomic E-state index is 0.0328. The van der Waals surface area contributed by atoms with Gasteiger partial charge in [0.1, 0.15) is 11.3 Å². The van der Waals surface area contributed by atoms with Gasteiger partial charge in [-0.3, -0.25) is 4.98 Å². The third kappa shape index (κ3) is 3.26. The fourth-order valence-electron chi connectivity index (χ4n) is 2.50. The van der Waals surface area contributed by atoms with Crippen LogP contribution in [0, 0.1) is 0 Å². The van der Waals surface area contributed by atoms with Crippen molar-refractivity contribution in [2.75, 3.05) is 13.7 Å². The van der Waals surface area contributed by atoms with E-state index in [1.165, 1.54) is 0 Å².